The minimum atomic E-state index is -0.301. The number of imidazole rings is 1. The third-order valence-electron chi connectivity index (χ3n) is 5.79. The molecule has 178 valence electrons. The Morgan fingerprint density at radius 2 is 1.79 bits per heavy atom. The lowest BCUT2D eigenvalue weighted by atomic mass is 10.1. The number of methoxy groups -OCH3 is 2. The van der Waals surface area contributed by atoms with Crippen LogP contribution in [0.3, 0.4) is 0 Å². The molecule has 8 nitrogen and oxygen atoms in total. The Bertz CT molecular complexity index is 1130. The van der Waals surface area contributed by atoms with Crippen LogP contribution in [0.2, 0.25) is 0 Å². The van der Waals surface area contributed by atoms with Crippen molar-refractivity contribution >= 4 is 17.8 Å². The van der Waals surface area contributed by atoms with Gasteiger partial charge < -0.3 is 14.4 Å². The van der Waals surface area contributed by atoms with Crippen molar-refractivity contribution in [1.29, 1.82) is 0 Å². The number of amides is 2. The molecule has 0 spiro atoms. The van der Waals surface area contributed by atoms with Gasteiger partial charge in [0.1, 0.15) is 12.3 Å². The van der Waals surface area contributed by atoms with Gasteiger partial charge in [-0.05, 0) is 56.2 Å². The molecule has 1 aliphatic rings. The van der Waals surface area contributed by atoms with Gasteiger partial charge in [-0.2, -0.15) is 0 Å². The second-order valence-electron chi connectivity index (χ2n) is 8.46. The second-order valence-corrected chi connectivity index (χ2v) is 8.46. The number of carbonyl (C=O) groups is 2. The van der Waals surface area contributed by atoms with E-state index in [1.807, 2.05) is 66.2 Å². The first-order valence-electron chi connectivity index (χ1n) is 11.4. The standard InChI is InChI=1S/C26H30N4O4/c1-18-4-10-21(11-5-18)30-16-23(19-8-12-22(34-3)13-9-19)27-26(30)28-24(31)17-29(14-15-33-2)25(32)20-6-7-20/h4-5,8-13,16,20H,6-7,14-15,17H2,1-3H3,(H,27,28,31). The van der Waals surface area contributed by atoms with E-state index < -0.39 is 0 Å². The minimum Gasteiger partial charge on any atom is -0.497 e. The molecule has 1 fully saturated rings. The van der Waals surface area contributed by atoms with Gasteiger partial charge in [-0.3, -0.25) is 19.5 Å². The number of aryl methyl sites for hydroxylation is 1. The highest BCUT2D eigenvalue weighted by Gasteiger charge is 2.34. The van der Waals surface area contributed by atoms with Gasteiger partial charge in [0.25, 0.3) is 0 Å². The minimum absolute atomic E-state index is 0.00741. The summed E-state index contributed by atoms with van der Waals surface area (Å²) in [5.41, 5.74) is 3.62. The largest absolute Gasteiger partial charge is 0.497 e. The van der Waals surface area contributed by atoms with Gasteiger partial charge in [0, 0.05) is 37.0 Å². The van der Waals surface area contributed by atoms with Gasteiger partial charge in [-0.1, -0.05) is 17.7 Å². The van der Waals surface area contributed by atoms with Gasteiger partial charge in [0.15, 0.2) is 0 Å². The zero-order valence-electron chi connectivity index (χ0n) is 19.8. The van der Waals surface area contributed by atoms with E-state index in [0.29, 0.717) is 24.8 Å². The molecule has 1 saturated carbocycles. The van der Waals surface area contributed by atoms with Crippen LogP contribution in [0.15, 0.2) is 54.7 Å². The maximum atomic E-state index is 13.0. The topological polar surface area (TPSA) is 85.7 Å². The average Bonchev–Trinajstić information content (AvgIpc) is 3.62. The highest BCUT2D eigenvalue weighted by molar-refractivity contribution is 5.94. The number of hydrogen-bond acceptors (Lipinski definition) is 5. The monoisotopic (exact) mass is 462 g/mol. The Balaban J connectivity index is 1.59. The number of hydrogen-bond donors (Lipinski definition) is 1. The average molecular weight is 463 g/mol. The van der Waals surface area contributed by atoms with Crippen molar-refractivity contribution in [3.05, 3.63) is 60.3 Å². The molecule has 0 atom stereocenters. The predicted molar refractivity (Wildman–Crippen MR) is 130 cm³/mol. The molecule has 0 aliphatic heterocycles. The van der Waals surface area contributed by atoms with Gasteiger partial charge in [-0.15, -0.1) is 0 Å². The van der Waals surface area contributed by atoms with Crippen LogP contribution in [0, 0.1) is 12.8 Å². The first kappa shape index (κ1) is 23.5. The van der Waals surface area contributed by atoms with E-state index in [-0.39, 0.29) is 24.3 Å². The second kappa shape index (κ2) is 10.5. The van der Waals surface area contributed by atoms with Gasteiger partial charge in [0.2, 0.25) is 17.8 Å². The molecule has 1 aliphatic carbocycles. The summed E-state index contributed by atoms with van der Waals surface area (Å²) < 4.78 is 12.2. The van der Waals surface area contributed by atoms with Gasteiger partial charge in [-0.25, -0.2) is 4.98 Å². The Morgan fingerprint density at radius 1 is 1.09 bits per heavy atom. The van der Waals surface area contributed by atoms with Crippen LogP contribution in [-0.2, 0) is 14.3 Å². The van der Waals surface area contributed by atoms with Crippen molar-refractivity contribution in [3.63, 3.8) is 0 Å². The summed E-state index contributed by atoms with van der Waals surface area (Å²) in [7, 11) is 3.21. The summed E-state index contributed by atoms with van der Waals surface area (Å²) >= 11 is 0. The number of nitrogens with zero attached hydrogens (tertiary/aromatic N) is 3. The molecule has 8 heteroatoms. The van der Waals surface area contributed by atoms with Crippen molar-refractivity contribution in [1.82, 2.24) is 14.5 Å². The first-order chi connectivity index (χ1) is 16.5. The van der Waals surface area contributed by atoms with Crippen molar-refractivity contribution in [2.45, 2.75) is 19.8 Å². The molecule has 2 amide bonds. The number of rotatable bonds is 10. The molecular weight excluding hydrogens is 432 g/mol. The van der Waals surface area contributed by atoms with Gasteiger partial charge in [0.05, 0.1) is 19.4 Å². The summed E-state index contributed by atoms with van der Waals surface area (Å²) in [6.45, 7) is 2.74. The van der Waals surface area contributed by atoms with Crippen LogP contribution in [0.4, 0.5) is 5.95 Å². The Labute approximate surface area is 199 Å². The summed E-state index contributed by atoms with van der Waals surface area (Å²) in [5, 5.41) is 2.91. The summed E-state index contributed by atoms with van der Waals surface area (Å²) in [6, 6.07) is 15.6. The van der Waals surface area contributed by atoms with Crippen molar-refractivity contribution in [2.24, 2.45) is 5.92 Å². The lowest BCUT2D eigenvalue weighted by Crippen LogP contribution is -2.41. The van der Waals surface area contributed by atoms with E-state index in [2.05, 4.69) is 5.32 Å². The Kier molecular flexibility index (Phi) is 7.27. The van der Waals surface area contributed by atoms with Crippen molar-refractivity contribution in [2.75, 3.05) is 39.2 Å². The maximum absolute atomic E-state index is 13.0. The van der Waals surface area contributed by atoms with Crippen LogP contribution in [-0.4, -0.2) is 60.2 Å². The maximum Gasteiger partial charge on any atom is 0.246 e. The highest BCUT2D eigenvalue weighted by atomic mass is 16.5. The van der Waals surface area contributed by atoms with Crippen molar-refractivity contribution in [3.8, 4) is 22.7 Å². The lowest BCUT2D eigenvalue weighted by molar-refractivity contribution is -0.136. The van der Waals surface area contributed by atoms with E-state index in [1.165, 1.54) is 0 Å². The zero-order valence-corrected chi connectivity index (χ0v) is 19.8. The summed E-state index contributed by atoms with van der Waals surface area (Å²) in [4.78, 5) is 31.9. The van der Waals surface area contributed by atoms with Crippen LogP contribution in [0.1, 0.15) is 18.4 Å². The number of nitrogens with one attached hydrogen (secondary N) is 1. The quantitative estimate of drug-likeness (QED) is 0.497. The fraction of sp³-hybridized carbons (Fsp3) is 0.346. The number of carbonyl (C=O) groups excluding carboxylic acids is 2. The number of benzene rings is 2. The molecule has 1 aromatic heterocycles. The highest BCUT2D eigenvalue weighted by Crippen LogP contribution is 2.31. The summed E-state index contributed by atoms with van der Waals surface area (Å²) in [6.07, 6.45) is 3.65. The van der Waals surface area contributed by atoms with E-state index in [1.54, 1.807) is 19.1 Å². The van der Waals surface area contributed by atoms with Crippen molar-refractivity contribution < 1.29 is 19.1 Å². The lowest BCUT2D eigenvalue weighted by Gasteiger charge is -2.21. The third-order valence-corrected chi connectivity index (χ3v) is 5.79. The van der Waals surface area contributed by atoms with E-state index in [4.69, 9.17) is 14.5 Å². The van der Waals surface area contributed by atoms with Crippen LogP contribution in [0.5, 0.6) is 5.75 Å². The SMILES string of the molecule is COCCN(CC(=O)Nc1nc(-c2ccc(OC)cc2)cn1-c1ccc(C)cc1)C(=O)C1CC1. The zero-order chi connectivity index (χ0) is 24.1. The molecular formula is C26H30N4O4. The molecule has 4 rings (SSSR count). The normalized spacial score (nSPS) is 12.9. The Hall–Kier alpha value is -3.65. The number of anilines is 1. The molecule has 2 aromatic carbocycles. The van der Waals surface area contributed by atoms with Crippen LogP contribution < -0.4 is 10.1 Å². The first-order valence-corrected chi connectivity index (χ1v) is 11.4. The van der Waals surface area contributed by atoms with E-state index >= 15 is 0 Å². The smallest absolute Gasteiger partial charge is 0.246 e. The van der Waals surface area contributed by atoms with E-state index in [9.17, 15) is 9.59 Å². The molecule has 3 aromatic rings. The van der Waals surface area contributed by atoms with E-state index in [0.717, 1.165) is 35.4 Å². The predicted octanol–water partition coefficient (Wildman–Crippen LogP) is 3.68. The molecule has 0 unspecified atom stereocenters. The van der Waals surface area contributed by atoms with Crippen LogP contribution >= 0.6 is 0 Å². The molecule has 0 radical (unpaired) electrons. The Morgan fingerprint density at radius 3 is 2.41 bits per heavy atom. The third kappa shape index (κ3) is 5.63. The fourth-order valence-corrected chi connectivity index (χ4v) is 3.67. The van der Waals surface area contributed by atoms with Gasteiger partial charge >= 0.3 is 0 Å². The summed E-state index contributed by atoms with van der Waals surface area (Å²) in [5.74, 6) is 0.885. The molecule has 1 N–H and O–H groups in total. The molecule has 34 heavy (non-hydrogen) atoms. The molecule has 1 heterocycles. The molecule has 0 bridgehead atoms. The number of ether oxygens (including phenoxy) is 2. The number of aromatic nitrogens is 2. The fourth-order valence-electron chi connectivity index (χ4n) is 3.67. The van der Waals surface area contributed by atoms with Crippen LogP contribution in [0.25, 0.3) is 16.9 Å². The molecule has 0 saturated heterocycles.